The lowest BCUT2D eigenvalue weighted by Gasteiger charge is -2.23. The van der Waals surface area contributed by atoms with Crippen molar-refractivity contribution in [3.8, 4) is 11.8 Å². The van der Waals surface area contributed by atoms with E-state index in [9.17, 15) is 17.6 Å². The monoisotopic (exact) mass is 404 g/mol. The molecule has 148 valence electrons. The average molecular weight is 404 g/mol. The molecule has 6 nitrogen and oxygen atoms in total. The van der Waals surface area contributed by atoms with Crippen LogP contribution >= 0.6 is 0 Å². The summed E-state index contributed by atoms with van der Waals surface area (Å²) in [6, 6.07) is 13.1. The van der Waals surface area contributed by atoms with Gasteiger partial charge >= 0.3 is 6.09 Å². The van der Waals surface area contributed by atoms with E-state index in [1.54, 1.807) is 24.3 Å². The van der Waals surface area contributed by atoms with Crippen LogP contribution in [0.5, 0.6) is 5.75 Å². The largest absolute Gasteiger partial charge is 0.413 e. The Labute approximate surface area is 163 Å². The van der Waals surface area contributed by atoms with Gasteiger partial charge in [-0.05, 0) is 55.3 Å². The van der Waals surface area contributed by atoms with Gasteiger partial charge < -0.3 is 10.1 Å². The van der Waals surface area contributed by atoms with E-state index in [0.29, 0.717) is 17.5 Å². The topological polar surface area (TPSA) is 96.3 Å². The van der Waals surface area contributed by atoms with Crippen LogP contribution in [0.4, 0.5) is 9.18 Å². The number of rotatable bonds is 7. The Hall–Kier alpha value is -2.92. The lowest BCUT2D eigenvalue weighted by molar-refractivity contribution is 0.198. The minimum absolute atomic E-state index is 0.103. The van der Waals surface area contributed by atoms with E-state index >= 15 is 0 Å². The minimum Gasteiger partial charge on any atom is -0.410 e. The minimum atomic E-state index is -3.78. The molecule has 0 bridgehead atoms. The van der Waals surface area contributed by atoms with Crippen LogP contribution in [0.3, 0.4) is 0 Å². The summed E-state index contributed by atoms with van der Waals surface area (Å²) in [7, 11) is -3.78. The highest BCUT2D eigenvalue weighted by Crippen LogP contribution is 2.27. The van der Waals surface area contributed by atoms with Crippen molar-refractivity contribution in [2.75, 3.05) is 0 Å². The summed E-state index contributed by atoms with van der Waals surface area (Å²) in [4.78, 5) is 12.1. The van der Waals surface area contributed by atoms with E-state index in [1.165, 1.54) is 19.1 Å². The van der Waals surface area contributed by atoms with E-state index in [4.69, 9.17) is 10.00 Å². The fourth-order valence-corrected chi connectivity index (χ4v) is 4.47. The average Bonchev–Trinajstić information content (AvgIpc) is 2.69. The number of nitrogens with one attached hydrogen (secondary N) is 1. The maximum atomic E-state index is 13.0. The third-order valence-electron chi connectivity index (χ3n) is 4.25. The first-order valence-electron chi connectivity index (χ1n) is 8.74. The molecule has 2 aromatic rings. The van der Waals surface area contributed by atoms with E-state index in [-0.39, 0.29) is 12.2 Å². The summed E-state index contributed by atoms with van der Waals surface area (Å²) in [5, 5.41) is 9.24. The van der Waals surface area contributed by atoms with Crippen LogP contribution < -0.4 is 10.1 Å². The van der Waals surface area contributed by atoms with Crippen LogP contribution in [0.15, 0.2) is 48.5 Å². The first-order chi connectivity index (χ1) is 13.3. The SMILES string of the molecule is CCCC(NC(=O)Oc1ccc(F)cc1)S(=O)(=O)C(C)c1ccc(C#N)cc1. The number of halogens is 1. The standard InChI is InChI=1S/C20H21FN2O4S/c1-3-4-19(23-20(24)27-18-11-9-17(21)10-12-18)28(25,26)14(2)16-7-5-15(13-22)6-8-16/h5-12,14,19H,3-4H2,1-2H3,(H,23,24). The highest BCUT2D eigenvalue weighted by Gasteiger charge is 2.33. The second-order valence-corrected chi connectivity index (χ2v) is 8.68. The zero-order valence-corrected chi connectivity index (χ0v) is 16.4. The van der Waals surface area contributed by atoms with Gasteiger partial charge in [-0.15, -0.1) is 0 Å². The van der Waals surface area contributed by atoms with E-state index in [1.807, 2.05) is 13.0 Å². The molecule has 2 unspecified atom stereocenters. The molecule has 0 saturated carbocycles. The molecule has 2 rings (SSSR count). The zero-order valence-electron chi connectivity index (χ0n) is 15.6. The fourth-order valence-electron chi connectivity index (χ4n) is 2.62. The van der Waals surface area contributed by atoms with Gasteiger partial charge in [-0.2, -0.15) is 5.26 Å². The van der Waals surface area contributed by atoms with Gasteiger partial charge in [0.25, 0.3) is 0 Å². The van der Waals surface area contributed by atoms with Gasteiger partial charge in [0.05, 0.1) is 16.9 Å². The Bertz CT molecular complexity index is 951. The Morgan fingerprint density at radius 1 is 1.18 bits per heavy atom. The van der Waals surface area contributed by atoms with Crippen molar-refractivity contribution >= 4 is 15.9 Å². The highest BCUT2D eigenvalue weighted by atomic mass is 32.2. The molecule has 0 saturated heterocycles. The summed E-state index contributed by atoms with van der Waals surface area (Å²) in [6.07, 6.45) is -0.192. The first kappa shape index (κ1) is 21.4. The molecule has 2 atom stereocenters. The molecule has 0 spiro atoms. The van der Waals surface area contributed by atoms with Crippen LogP contribution in [0.2, 0.25) is 0 Å². The molecule has 0 aliphatic heterocycles. The third-order valence-corrected chi connectivity index (χ3v) is 6.66. The second kappa shape index (κ2) is 9.33. The number of carbonyl (C=O) groups excluding carboxylic acids is 1. The number of carbonyl (C=O) groups is 1. The second-order valence-electron chi connectivity index (χ2n) is 6.23. The Morgan fingerprint density at radius 2 is 1.79 bits per heavy atom. The fraction of sp³-hybridized carbons (Fsp3) is 0.300. The maximum Gasteiger partial charge on any atom is 0.413 e. The first-order valence-corrected chi connectivity index (χ1v) is 10.4. The van der Waals surface area contributed by atoms with Crippen molar-refractivity contribution in [1.82, 2.24) is 5.32 Å². The van der Waals surface area contributed by atoms with Gasteiger partial charge in [0, 0.05) is 0 Å². The summed E-state index contributed by atoms with van der Waals surface area (Å²) in [5.41, 5.74) is 0.952. The van der Waals surface area contributed by atoms with E-state index < -0.39 is 32.4 Å². The summed E-state index contributed by atoms with van der Waals surface area (Å²) < 4.78 is 44.0. The Balaban J connectivity index is 2.16. The molecule has 0 radical (unpaired) electrons. The molecule has 1 N–H and O–H groups in total. The molecular weight excluding hydrogens is 383 g/mol. The number of nitrogens with zero attached hydrogens (tertiary/aromatic N) is 1. The number of hydrogen-bond donors (Lipinski definition) is 1. The van der Waals surface area contributed by atoms with Crippen LogP contribution in [0.1, 0.15) is 43.1 Å². The Morgan fingerprint density at radius 3 is 2.32 bits per heavy atom. The predicted octanol–water partition coefficient (Wildman–Crippen LogP) is 4.09. The number of hydrogen-bond acceptors (Lipinski definition) is 5. The van der Waals surface area contributed by atoms with Crippen LogP contribution in [-0.2, 0) is 9.84 Å². The van der Waals surface area contributed by atoms with Gasteiger partial charge in [-0.25, -0.2) is 17.6 Å². The summed E-state index contributed by atoms with van der Waals surface area (Å²) >= 11 is 0. The van der Waals surface area contributed by atoms with E-state index in [0.717, 1.165) is 12.1 Å². The maximum absolute atomic E-state index is 13.0. The number of nitriles is 1. The molecule has 0 aliphatic rings. The molecule has 28 heavy (non-hydrogen) atoms. The van der Waals surface area contributed by atoms with Crippen molar-refractivity contribution in [1.29, 1.82) is 5.26 Å². The van der Waals surface area contributed by atoms with Crippen molar-refractivity contribution < 1.29 is 22.3 Å². The highest BCUT2D eigenvalue weighted by molar-refractivity contribution is 7.92. The number of sulfone groups is 1. The quantitative estimate of drug-likeness (QED) is 0.750. The lowest BCUT2D eigenvalue weighted by Crippen LogP contribution is -2.43. The number of ether oxygens (including phenoxy) is 1. The molecule has 0 heterocycles. The van der Waals surface area contributed by atoms with Gasteiger partial charge in [0.2, 0.25) is 0 Å². The molecule has 2 aromatic carbocycles. The smallest absolute Gasteiger partial charge is 0.410 e. The van der Waals surface area contributed by atoms with Gasteiger partial charge in [0.1, 0.15) is 16.9 Å². The molecule has 0 aliphatic carbocycles. The molecule has 1 amide bonds. The molecule has 0 fully saturated rings. The molecular formula is C20H21FN2O4S. The van der Waals surface area contributed by atoms with Gasteiger partial charge in [-0.1, -0.05) is 25.5 Å². The van der Waals surface area contributed by atoms with Crippen molar-refractivity contribution in [2.24, 2.45) is 0 Å². The van der Waals surface area contributed by atoms with Crippen molar-refractivity contribution in [2.45, 2.75) is 37.3 Å². The van der Waals surface area contributed by atoms with Crippen LogP contribution in [0.25, 0.3) is 0 Å². The molecule has 8 heteroatoms. The van der Waals surface area contributed by atoms with Crippen LogP contribution in [-0.4, -0.2) is 19.9 Å². The van der Waals surface area contributed by atoms with Crippen molar-refractivity contribution in [3.05, 3.63) is 65.5 Å². The van der Waals surface area contributed by atoms with E-state index in [2.05, 4.69) is 5.32 Å². The summed E-state index contributed by atoms with van der Waals surface area (Å²) in [6.45, 7) is 3.34. The van der Waals surface area contributed by atoms with Crippen LogP contribution in [0, 0.1) is 17.1 Å². The van der Waals surface area contributed by atoms with Crippen molar-refractivity contribution in [3.63, 3.8) is 0 Å². The number of amides is 1. The normalized spacial score (nSPS) is 13.2. The zero-order chi connectivity index (χ0) is 20.7. The number of benzene rings is 2. The van der Waals surface area contributed by atoms with Gasteiger partial charge in [-0.3, -0.25) is 0 Å². The lowest BCUT2D eigenvalue weighted by atomic mass is 10.1. The molecule has 0 aromatic heterocycles. The summed E-state index contributed by atoms with van der Waals surface area (Å²) in [5.74, 6) is -0.373. The third kappa shape index (κ3) is 5.30. The Kier molecular flexibility index (Phi) is 7.12. The predicted molar refractivity (Wildman–Crippen MR) is 103 cm³/mol. The van der Waals surface area contributed by atoms with Gasteiger partial charge in [0.15, 0.2) is 9.84 Å².